The van der Waals surface area contributed by atoms with Crippen molar-refractivity contribution in [3.8, 4) is 0 Å². The molecule has 1 heterocycles. The minimum absolute atomic E-state index is 0.00888. The van der Waals surface area contributed by atoms with E-state index in [-0.39, 0.29) is 18.5 Å². The van der Waals surface area contributed by atoms with Crippen molar-refractivity contribution >= 4 is 5.91 Å². The number of nitrogens with zero attached hydrogens (tertiary/aromatic N) is 2. The van der Waals surface area contributed by atoms with Crippen molar-refractivity contribution in [2.24, 2.45) is 0 Å². The number of halogens is 3. The Balaban J connectivity index is 1.76. The maximum atomic E-state index is 12.4. The van der Waals surface area contributed by atoms with E-state index in [0.717, 1.165) is 12.8 Å². The molecule has 0 spiro atoms. The minimum atomic E-state index is -4.17. The topological polar surface area (TPSA) is 35.6 Å². The normalized spacial score (nSPS) is 25.7. The Hall–Kier alpha value is -0.820. The first kappa shape index (κ1) is 14.6. The number of rotatable bonds is 4. The largest absolute Gasteiger partial charge is 0.401 e. The molecule has 1 aliphatic heterocycles. The molecule has 2 rings (SSSR count). The van der Waals surface area contributed by atoms with Gasteiger partial charge in [-0.1, -0.05) is 0 Å². The molecule has 0 unspecified atom stereocenters. The van der Waals surface area contributed by atoms with E-state index < -0.39 is 12.7 Å². The molecular formula is C12H20F3N3O. The summed E-state index contributed by atoms with van der Waals surface area (Å²) < 4.78 is 37.1. The van der Waals surface area contributed by atoms with Crippen LogP contribution in [0.15, 0.2) is 0 Å². The first-order valence-corrected chi connectivity index (χ1v) is 6.67. The van der Waals surface area contributed by atoms with Gasteiger partial charge in [0.2, 0.25) is 5.91 Å². The SMILES string of the molecule is C[C@@H]1CN(C(=O)CNC2CC2)CCN1CC(F)(F)F. The summed E-state index contributed by atoms with van der Waals surface area (Å²) in [6.45, 7) is 2.19. The molecule has 1 aliphatic carbocycles. The van der Waals surface area contributed by atoms with Gasteiger partial charge in [-0.25, -0.2) is 0 Å². The molecule has 0 aromatic rings. The number of alkyl halides is 3. The molecular weight excluding hydrogens is 259 g/mol. The van der Waals surface area contributed by atoms with Crippen LogP contribution < -0.4 is 5.32 Å². The smallest absolute Gasteiger partial charge is 0.339 e. The van der Waals surface area contributed by atoms with E-state index >= 15 is 0 Å². The number of piperazine rings is 1. The van der Waals surface area contributed by atoms with Gasteiger partial charge in [-0.05, 0) is 19.8 Å². The number of hydrogen-bond acceptors (Lipinski definition) is 3. The molecule has 19 heavy (non-hydrogen) atoms. The molecule has 0 radical (unpaired) electrons. The van der Waals surface area contributed by atoms with Crippen molar-refractivity contribution in [2.75, 3.05) is 32.7 Å². The lowest BCUT2D eigenvalue weighted by atomic mass is 10.2. The highest BCUT2D eigenvalue weighted by Crippen LogP contribution is 2.21. The lowest BCUT2D eigenvalue weighted by molar-refractivity contribution is -0.157. The molecule has 2 fully saturated rings. The molecule has 1 saturated carbocycles. The second-order valence-electron chi connectivity index (χ2n) is 5.43. The zero-order valence-corrected chi connectivity index (χ0v) is 11.0. The van der Waals surface area contributed by atoms with E-state index in [9.17, 15) is 18.0 Å². The molecule has 2 aliphatic rings. The van der Waals surface area contributed by atoms with Crippen molar-refractivity contribution < 1.29 is 18.0 Å². The van der Waals surface area contributed by atoms with Crippen LogP contribution in [0.5, 0.6) is 0 Å². The number of hydrogen-bond donors (Lipinski definition) is 1. The van der Waals surface area contributed by atoms with Gasteiger partial charge in [-0.2, -0.15) is 13.2 Å². The maximum absolute atomic E-state index is 12.4. The van der Waals surface area contributed by atoms with Gasteiger partial charge >= 0.3 is 6.18 Å². The molecule has 1 saturated heterocycles. The first-order chi connectivity index (χ1) is 8.85. The van der Waals surface area contributed by atoms with Crippen LogP contribution in [0.2, 0.25) is 0 Å². The Morgan fingerprint density at radius 1 is 1.32 bits per heavy atom. The number of carbonyl (C=O) groups is 1. The highest BCUT2D eigenvalue weighted by atomic mass is 19.4. The Kier molecular flexibility index (Phi) is 4.35. The molecule has 0 bridgehead atoms. The van der Waals surface area contributed by atoms with Crippen LogP contribution >= 0.6 is 0 Å². The average molecular weight is 279 g/mol. The lowest BCUT2D eigenvalue weighted by Gasteiger charge is -2.40. The van der Waals surface area contributed by atoms with E-state index in [1.54, 1.807) is 11.8 Å². The van der Waals surface area contributed by atoms with Crippen LogP contribution in [0.4, 0.5) is 13.2 Å². The number of carbonyl (C=O) groups excluding carboxylic acids is 1. The van der Waals surface area contributed by atoms with Crippen LogP contribution in [0.3, 0.4) is 0 Å². The Morgan fingerprint density at radius 3 is 2.53 bits per heavy atom. The summed E-state index contributed by atoms with van der Waals surface area (Å²) in [5.41, 5.74) is 0. The molecule has 110 valence electrons. The van der Waals surface area contributed by atoms with Gasteiger partial charge < -0.3 is 10.2 Å². The monoisotopic (exact) mass is 279 g/mol. The summed E-state index contributed by atoms with van der Waals surface area (Å²) in [5.74, 6) is -0.00888. The molecule has 1 N–H and O–H groups in total. The van der Waals surface area contributed by atoms with Crippen LogP contribution in [0, 0.1) is 0 Å². The Morgan fingerprint density at radius 2 is 2.00 bits per heavy atom. The minimum Gasteiger partial charge on any atom is -0.339 e. The predicted molar refractivity (Wildman–Crippen MR) is 64.7 cm³/mol. The third-order valence-electron chi connectivity index (χ3n) is 3.62. The van der Waals surface area contributed by atoms with Gasteiger partial charge in [0.05, 0.1) is 13.1 Å². The predicted octanol–water partition coefficient (Wildman–Crippen LogP) is 0.833. The van der Waals surface area contributed by atoms with Crippen molar-refractivity contribution in [3.63, 3.8) is 0 Å². The summed E-state index contributed by atoms with van der Waals surface area (Å²) in [7, 11) is 0. The Labute approximate surface area is 110 Å². The van der Waals surface area contributed by atoms with Gasteiger partial charge in [-0.15, -0.1) is 0 Å². The van der Waals surface area contributed by atoms with Crippen molar-refractivity contribution in [1.82, 2.24) is 15.1 Å². The average Bonchev–Trinajstić information content (AvgIpc) is 3.11. The van der Waals surface area contributed by atoms with Gasteiger partial charge in [0.25, 0.3) is 0 Å². The van der Waals surface area contributed by atoms with E-state index in [1.807, 2.05) is 0 Å². The number of nitrogens with one attached hydrogen (secondary N) is 1. The summed E-state index contributed by atoms with van der Waals surface area (Å²) in [6.07, 6.45) is -1.94. The zero-order valence-electron chi connectivity index (χ0n) is 11.0. The van der Waals surface area contributed by atoms with Gasteiger partial charge in [0, 0.05) is 31.7 Å². The molecule has 4 nitrogen and oxygen atoms in total. The van der Waals surface area contributed by atoms with Crippen LogP contribution in [-0.2, 0) is 4.79 Å². The summed E-state index contributed by atoms with van der Waals surface area (Å²) >= 11 is 0. The zero-order chi connectivity index (χ0) is 14.0. The van der Waals surface area contributed by atoms with Gasteiger partial charge in [-0.3, -0.25) is 9.69 Å². The molecule has 1 atom stereocenters. The third kappa shape index (κ3) is 4.65. The quantitative estimate of drug-likeness (QED) is 0.828. The molecule has 0 aromatic heterocycles. The highest BCUT2D eigenvalue weighted by molar-refractivity contribution is 5.78. The maximum Gasteiger partial charge on any atom is 0.401 e. The summed E-state index contributed by atoms with van der Waals surface area (Å²) in [5, 5.41) is 3.13. The van der Waals surface area contributed by atoms with Crippen LogP contribution in [-0.4, -0.2) is 66.7 Å². The summed E-state index contributed by atoms with van der Waals surface area (Å²) in [4.78, 5) is 14.9. The first-order valence-electron chi connectivity index (χ1n) is 6.67. The standard InChI is InChI=1S/C12H20F3N3O/c1-9-7-17(11(19)6-16-10-2-3-10)4-5-18(9)8-12(13,14)15/h9-10,16H,2-8H2,1H3/t9-/m1/s1. The third-order valence-corrected chi connectivity index (χ3v) is 3.62. The van der Waals surface area contributed by atoms with E-state index in [1.165, 1.54) is 4.90 Å². The van der Waals surface area contributed by atoms with E-state index in [2.05, 4.69) is 5.32 Å². The van der Waals surface area contributed by atoms with Gasteiger partial charge in [0.1, 0.15) is 0 Å². The second-order valence-corrected chi connectivity index (χ2v) is 5.43. The molecule has 7 heteroatoms. The van der Waals surface area contributed by atoms with E-state index in [0.29, 0.717) is 25.7 Å². The fourth-order valence-corrected chi connectivity index (χ4v) is 2.32. The van der Waals surface area contributed by atoms with Gasteiger partial charge in [0.15, 0.2) is 0 Å². The fourth-order valence-electron chi connectivity index (χ4n) is 2.32. The van der Waals surface area contributed by atoms with E-state index in [4.69, 9.17) is 0 Å². The summed E-state index contributed by atoms with van der Waals surface area (Å²) in [6, 6.07) is 0.216. The number of amides is 1. The molecule has 1 amide bonds. The van der Waals surface area contributed by atoms with Crippen molar-refractivity contribution in [3.05, 3.63) is 0 Å². The highest BCUT2D eigenvalue weighted by Gasteiger charge is 2.36. The molecule has 0 aromatic carbocycles. The second kappa shape index (κ2) is 5.66. The van der Waals surface area contributed by atoms with Crippen LogP contribution in [0.25, 0.3) is 0 Å². The lowest BCUT2D eigenvalue weighted by Crippen LogP contribution is -2.56. The Bertz CT molecular complexity index is 331. The van der Waals surface area contributed by atoms with Crippen LogP contribution in [0.1, 0.15) is 19.8 Å². The van der Waals surface area contributed by atoms with Crippen molar-refractivity contribution in [1.29, 1.82) is 0 Å². The van der Waals surface area contributed by atoms with Crippen molar-refractivity contribution in [2.45, 2.75) is 38.0 Å². The fraction of sp³-hybridized carbons (Fsp3) is 0.917.